The van der Waals surface area contributed by atoms with Crippen molar-refractivity contribution in [3.63, 3.8) is 0 Å². The number of benzene rings is 1. The van der Waals surface area contributed by atoms with E-state index >= 15 is 0 Å². The van der Waals surface area contributed by atoms with E-state index in [0.29, 0.717) is 23.5 Å². The summed E-state index contributed by atoms with van der Waals surface area (Å²) in [6.45, 7) is 3.03. The van der Waals surface area contributed by atoms with E-state index in [0.717, 1.165) is 86.0 Å². The van der Waals surface area contributed by atoms with Gasteiger partial charge in [0.25, 0.3) is 0 Å². The van der Waals surface area contributed by atoms with Crippen LogP contribution in [-0.4, -0.2) is 77.8 Å². The number of aliphatic hydroxyl groups excluding tert-OH is 1. The van der Waals surface area contributed by atoms with Crippen molar-refractivity contribution < 1.29 is 19.3 Å². The van der Waals surface area contributed by atoms with Gasteiger partial charge in [-0.1, -0.05) is 0 Å². The fourth-order valence-electron chi connectivity index (χ4n) is 6.30. The summed E-state index contributed by atoms with van der Waals surface area (Å²) < 4.78 is 17.3. The molecule has 6 heterocycles. The van der Waals surface area contributed by atoms with Gasteiger partial charge in [-0.2, -0.15) is 9.97 Å². The Bertz CT molecular complexity index is 1270. The van der Waals surface area contributed by atoms with Gasteiger partial charge in [0.2, 0.25) is 5.95 Å². The lowest BCUT2D eigenvalue weighted by molar-refractivity contribution is 0.0303. The molecular formula is C27H31N5O4. The Morgan fingerprint density at radius 3 is 2.47 bits per heavy atom. The number of hydrogen-bond donors (Lipinski definition) is 1. The molecule has 9 heteroatoms. The van der Waals surface area contributed by atoms with Gasteiger partial charge in [-0.15, -0.1) is 0 Å². The van der Waals surface area contributed by atoms with Crippen LogP contribution in [0, 0.1) is 0 Å². The van der Waals surface area contributed by atoms with Crippen LogP contribution in [0.3, 0.4) is 0 Å². The first-order chi connectivity index (χ1) is 17.7. The monoisotopic (exact) mass is 489 g/mol. The molecule has 0 radical (unpaired) electrons. The van der Waals surface area contributed by atoms with Crippen LogP contribution in [-0.2, 0) is 16.1 Å². The molecule has 4 fully saturated rings. The standard InChI is InChI=1S/C27H31N5O4/c1-34-24-9-2-16(10-17(24)13-33)23-8-7-22-25(28-23)29-27(32-18-3-4-19(32)15-35-14-18)30-26(22)31-11-20-5-6-21(12-31)36-20/h2,7-10,18-21,33H,3-6,11-15H2,1H3. The zero-order chi connectivity index (χ0) is 24.2. The van der Waals surface area contributed by atoms with Crippen molar-refractivity contribution in [1.29, 1.82) is 0 Å². The summed E-state index contributed by atoms with van der Waals surface area (Å²) in [7, 11) is 1.61. The first-order valence-electron chi connectivity index (χ1n) is 12.9. The van der Waals surface area contributed by atoms with Crippen molar-refractivity contribution in [2.75, 3.05) is 43.2 Å². The molecule has 0 saturated carbocycles. The fraction of sp³-hybridized carbons (Fsp3) is 0.519. The summed E-state index contributed by atoms with van der Waals surface area (Å²) in [5.41, 5.74) is 3.15. The molecule has 4 aliphatic heterocycles. The molecule has 0 spiro atoms. The van der Waals surface area contributed by atoms with E-state index in [1.807, 2.05) is 24.3 Å². The highest BCUT2D eigenvalue weighted by molar-refractivity contribution is 5.90. The first kappa shape index (κ1) is 22.2. The number of rotatable bonds is 5. The highest BCUT2D eigenvalue weighted by Crippen LogP contribution is 2.37. The van der Waals surface area contributed by atoms with Gasteiger partial charge in [-0.3, -0.25) is 0 Å². The summed E-state index contributed by atoms with van der Waals surface area (Å²) in [6, 6.07) is 10.5. The van der Waals surface area contributed by atoms with Gasteiger partial charge >= 0.3 is 0 Å². The normalized spacial score (nSPS) is 27.2. The summed E-state index contributed by atoms with van der Waals surface area (Å²) in [5.74, 6) is 2.37. The summed E-state index contributed by atoms with van der Waals surface area (Å²) >= 11 is 0. The minimum absolute atomic E-state index is 0.0970. The smallest absolute Gasteiger partial charge is 0.230 e. The first-order valence-corrected chi connectivity index (χ1v) is 12.9. The third-order valence-electron chi connectivity index (χ3n) is 8.09. The number of ether oxygens (including phenoxy) is 3. The molecule has 1 N–H and O–H groups in total. The largest absolute Gasteiger partial charge is 0.496 e. The Labute approximate surface area is 210 Å². The molecule has 4 aliphatic rings. The number of hydrogen-bond acceptors (Lipinski definition) is 9. The van der Waals surface area contributed by atoms with Crippen LogP contribution in [0.4, 0.5) is 11.8 Å². The number of anilines is 2. The van der Waals surface area contributed by atoms with Crippen LogP contribution >= 0.6 is 0 Å². The number of nitrogens with zero attached hydrogens (tertiary/aromatic N) is 5. The maximum Gasteiger partial charge on any atom is 0.230 e. The van der Waals surface area contributed by atoms with E-state index < -0.39 is 0 Å². The number of methoxy groups -OCH3 is 1. The Morgan fingerprint density at radius 2 is 1.75 bits per heavy atom. The molecule has 4 bridgehead atoms. The molecule has 4 atom stereocenters. The van der Waals surface area contributed by atoms with Crippen molar-refractivity contribution in [2.24, 2.45) is 0 Å². The molecule has 9 nitrogen and oxygen atoms in total. The Balaban J connectivity index is 1.35. The Hall–Kier alpha value is -3.01. The summed E-state index contributed by atoms with van der Waals surface area (Å²) in [5, 5.41) is 10.8. The predicted molar refractivity (Wildman–Crippen MR) is 135 cm³/mol. The predicted octanol–water partition coefficient (Wildman–Crippen LogP) is 2.93. The molecule has 0 aliphatic carbocycles. The molecule has 188 valence electrons. The van der Waals surface area contributed by atoms with E-state index in [9.17, 15) is 5.11 Å². The highest BCUT2D eigenvalue weighted by Gasteiger charge is 2.40. The molecule has 2 aromatic heterocycles. The second-order valence-corrected chi connectivity index (χ2v) is 10.3. The molecule has 0 amide bonds. The Kier molecular flexibility index (Phi) is 5.45. The number of fused-ring (bicyclic) bond motifs is 5. The SMILES string of the molecule is COc1ccc(-c2ccc3c(N4CC5CCC(C4)O5)nc(N4C5CCC4COC5)nc3n2)cc1CO. The highest BCUT2D eigenvalue weighted by atomic mass is 16.5. The molecule has 3 aromatic rings. The lowest BCUT2D eigenvalue weighted by Gasteiger charge is -2.37. The molecule has 7 rings (SSSR count). The molecule has 36 heavy (non-hydrogen) atoms. The van der Waals surface area contributed by atoms with Crippen LogP contribution in [0.5, 0.6) is 5.75 Å². The van der Waals surface area contributed by atoms with Gasteiger partial charge in [0.15, 0.2) is 5.65 Å². The van der Waals surface area contributed by atoms with E-state index in [1.165, 1.54) is 0 Å². The van der Waals surface area contributed by atoms with Gasteiger partial charge in [0.05, 0.1) is 62.3 Å². The average molecular weight is 490 g/mol. The third kappa shape index (κ3) is 3.68. The molecule has 4 unspecified atom stereocenters. The average Bonchev–Trinajstić information content (AvgIpc) is 3.39. The van der Waals surface area contributed by atoms with Crippen LogP contribution in [0.25, 0.3) is 22.3 Å². The number of morpholine rings is 2. The molecular weight excluding hydrogens is 458 g/mol. The van der Waals surface area contributed by atoms with Crippen LogP contribution in [0.1, 0.15) is 31.2 Å². The van der Waals surface area contributed by atoms with Gasteiger partial charge in [-0.05, 0) is 56.0 Å². The van der Waals surface area contributed by atoms with Crippen molar-refractivity contribution >= 4 is 22.8 Å². The van der Waals surface area contributed by atoms with Crippen LogP contribution in [0.15, 0.2) is 30.3 Å². The topological polar surface area (TPSA) is 93.1 Å². The van der Waals surface area contributed by atoms with Crippen LogP contribution in [0.2, 0.25) is 0 Å². The van der Waals surface area contributed by atoms with E-state index in [4.69, 9.17) is 29.2 Å². The number of aliphatic hydroxyl groups is 1. The third-order valence-corrected chi connectivity index (χ3v) is 8.09. The molecule has 1 aromatic carbocycles. The van der Waals surface area contributed by atoms with Gasteiger partial charge in [0.1, 0.15) is 11.6 Å². The van der Waals surface area contributed by atoms with E-state index in [-0.39, 0.29) is 18.8 Å². The molecule has 4 saturated heterocycles. The van der Waals surface area contributed by atoms with Crippen LogP contribution < -0.4 is 14.5 Å². The van der Waals surface area contributed by atoms with Crippen molar-refractivity contribution in [1.82, 2.24) is 15.0 Å². The Morgan fingerprint density at radius 1 is 0.972 bits per heavy atom. The fourth-order valence-corrected chi connectivity index (χ4v) is 6.30. The minimum Gasteiger partial charge on any atom is -0.496 e. The lowest BCUT2D eigenvalue weighted by Crippen LogP contribution is -2.47. The zero-order valence-electron chi connectivity index (χ0n) is 20.5. The summed E-state index contributed by atoms with van der Waals surface area (Å²) in [4.78, 5) is 20.0. The van der Waals surface area contributed by atoms with Gasteiger partial charge in [0, 0.05) is 24.2 Å². The second-order valence-electron chi connectivity index (χ2n) is 10.3. The van der Waals surface area contributed by atoms with E-state index in [1.54, 1.807) is 7.11 Å². The number of aromatic nitrogens is 3. The minimum atomic E-state index is -0.0970. The maximum atomic E-state index is 9.80. The zero-order valence-corrected chi connectivity index (χ0v) is 20.5. The van der Waals surface area contributed by atoms with Crippen molar-refractivity contribution in [3.05, 3.63) is 35.9 Å². The number of pyridine rings is 1. The second kappa shape index (κ2) is 8.83. The summed E-state index contributed by atoms with van der Waals surface area (Å²) in [6.07, 6.45) is 4.95. The van der Waals surface area contributed by atoms with Gasteiger partial charge < -0.3 is 29.1 Å². The quantitative estimate of drug-likeness (QED) is 0.581. The van der Waals surface area contributed by atoms with Crippen molar-refractivity contribution in [3.8, 4) is 17.0 Å². The maximum absolute atomic E-state index is 9.80. The lowest BCUT2D eigenvalue weighted by atomic mass is 10.1. The van der Waals surface area contributed by atoms with E-state index in [2.05, 4.69) is 15.9 Å². The van der Waals surface area contributed by atoms with Crippen molar-refractivity contribution in [2.45, 2.75) is 56.6 Å². The van der Waals surface area contributed by atoms with Gasteiger partial charge in [-0.25, -0.2) is 4.98 Å².